The van der Waals surface area contributed by atoms with Crippen molar-refractivity contribution in [1.29, 1.82) is 0 Å². The molecule has 154 valence electrons. The van der Waals surface area contributed by atoms with Gasteiger partial charge in [0.25, 0.3) is 0 Å². The number of methoxy groups -OCH3 is 1. The van der Waals surface area contributed by atoms with Gasteiger partial charge in [-0.2, -0.15) is 0 Å². The highest BCUT2D eigenvalue weighted by Gasteiger charge is 2.46. The number of hydrogen-bond acceptors (Lipinski definition) is 5. The van der Waals surface area contributed by atoms with E-state index in [0.29, 0.717) is 23.7 Å². The second kappa shape index (κ2) is 7.22. The fraction of sp³-hybridized carbons (Fsp3) is 0.292. The predicted molar refractivity (Wildman–Crippen MR) is 115 cm³/mol. The van der Waals surface area contributed by atoms with E-state index >= 15 is 0 Å². The Morgan fingerprint density at radius 3 is 2.67 bits per heavy atom. The van der Waals surface area contributed by atoms with Crippen molar-refractivity contribution in [2.45, 2.75) is 25.4 Å². The molecule has 0 radical (unpaired) electrons. The molecule has 1 atom stereocenters. The van der Waals surface area contributed by atoms with Crippen LogP contribution in [-0.2, 0) is 11.3 Å². The third-order valence-electron chi connectivity index (χ3n) is 6.24. The molecule has 30 heavy (non-hydrogen) atoms. The van der Waals surface area contributed by atoms with E-state index in [-0.39, 0.29) is 12.7 Å². The molecule has 5 rings (SSSR count). The Hall–Kier alpha value is -3.25. The number of ether oxygens (including phenoxy) is 3. The number of hydrogen-bond donors (Lipinski definition) is 1. The molecule has 3 aromatic carbocycles. The van der Waals surface area contributed by atoms with Gasteiger partial charge in [-0.25, -0.2) is 0 Å². The Balaban J connectivity index is 1.35. The summed E-state index contributed by atoms with van der Waals surface area (Å²) < 4.78 is 16.3. The van der Waals surface area contributed by atoms with Crippen molar-refractivity contribution in [2.75, 3.05) is 25.8 Å². The van der Waals surface area contributed by atoms with E-state index in [0.717, 1.165) is 29.5 Å². The first-order valence-corrected chi connectivity index (χ1v) is 10.1. The maximum Gasteiger partial charge on any atom is 0.244 e. The minimum absolute atomic E-state index is 0.00886. The smallest absolute Gasteiger partial charge is 0.244 e. The monoisotopic (exact) mass is 404 g/mol. The van der Waals surface area contributed by atoms with Crippen LogP contribution in [0.2, 0.25) is 0 Å². The minimum atomic E-state index is -0.558. The summed E-state index contributed by atoms with van der Waals surface area (Å²) in [6.45, 7) is 3.81. The normalized spacial score (nSPS) is 20.1. The number of nitrogens with one attached hydrogen (secondary N) is 1. The van der Waals surface area contributed by atoms with Crippen LogP contribution in [-0.4, -0.2) is 36.8 Å². The number of likely N-dealkylation sites (tertiary alicyclic amines) is 1. The van der Waals surface area contributed by atoms with Crippen LogP contribution in [0.4, 0.5) is 5.69 Å². The number of rotatable bonds is 5. The Morgan fingerprint density at radius 2 is 1.90 bits per heavy atom. The quantitative estimate of drug-likeness (QED) is 0.691. The summed E-state index contributed by atoms with van der Waals surface area (Å²) in [4.78, 5) is 15.4. The van der Waals surface area contributed by atoms with Crippen LogP contribution < -0.4 is 19.5 Å². The zero-order valence-corrected chi connectivity index (χ0v) is 17.1. The van der Waals surface area contributed by atoms with Crippen molar-refractivity contribution in [3.63, 3.8) is 0 Å². The van der Waals surface area contributed by atoms with Crippen LogP contribution in [0, 0.1) is 0 Å². The van der Waals surface area contributed by atoms with E-state index in [1.807, 2.05) is 43.3 Å². The molecule has 0 spiro atoms. The predicted octanol–water partition coefficient (Wildman–Crippen LogP) is 4.18. The van der Waals surface area contributed by atoms with Crippen LogP contribution in [0.25, 0.3) is 10.8 Å². The number of amides is 1. The summed E-state index contributed by atoms with van der Waals surface area (Å²) in [6, 6.07) is 17.8. The first-order valence-electron chi connectivity index (χ1n) is 10.1. The van der Waals surface area contributed by atoms with Crippen molar-refractivity contribution in [1.82, 2.24) is 4.90 Å². The largest absolute Gasteiger partial charge is 0.496 e. The molecule has 1 amide bonds. The SMILES string of the molecule is COc1ccc(CN2CCC2(C)C(=O)Nc2ccc3c(c2)OCO3)c2ccccc12. The van der Waals surface area contributed by atoms with Gasteiger partial charge in [0.05, 0.1) is 12.6 Å². The first kappa shape index (κ1) is 18.8. The second-order valence-electron chi connectivity index (χ2n) is 7.94. The molecule has 6 heteroatoms. The van der Waals surface area contributed by atoms with Crippen molar-refractivity contribution in [3.05, 3.63) is 60.2 Å². The number of nitrogens with zero attached hydrogens (tertiary/aromatic N) is 1. The highest BCUT2D eigenvalue weighted by atomic mass is 16.7. The topological polar surface area (TPSA) is 60.0 Å². The molecule has 0 aliphatic carbocycles. The number of benzene rings is 3. The highest BCUT2D eigenvalue weighted by molar-refractivity contribution is 5.99. The van der Waals surface area contributed by atoms with Gasteiger partial charge in [-0.3, -0.25) is 9.69 Å². The third kappa shape index (κ3) is 3.04. The summed E-state index contributed by atoms with van der Waals surface area (Å²) >= 11 is 0. The van der Waals surface area contributed by atoms with Gasteiger partial charge >= 0.3 is 0 Å². The van der Waals surface area contributed by atoms with E-state index < -0.39 is 5.54 Å². The number of carbonyl (C=O) groups is 1. The average molecular weight is 404 g/mol. The molecule has 2 heterocycles. The molecule has 1 N–H and O–H groups in total. The summed E-state index contributed by atoms with van der Waals surface area (Å²) in [5.74, 6) is 2.22. The van der Waals surface area contributed by atoms with E-state index in [1.165, 1.54) is 5.56 Å². The average Bonchev–Trinajstić information content (AvgIpc) is 3.23. The van der Waals surface area contributed by atoms with Crippen LogP contribution in [0.3, 0.4) is 0 Å². The van der Waals surface area contributed by atoms with Gasteiger partial charge in [-0.05, 0) is 42.5 Å². The second-order valence-corrected chi connectivity index (χ2v) is 7.94. The van der Waals surface area contributed by atoms with Crippen molar-refractivity contribution in [3.8, 4) is 17.2 Å². The molecule has 1 saturated heterocycles. The number of anilines is 1. The fourth-order valence-corrected chi connectivity index (χ4v) is 4.21. The first-order chi connectivity index (χ1) is 14.6. The molecular formula is C24H24N2O4. The third-order valence-corrected chi connectivity index (χ3v) is 6.24. The Morgan fingerprint density at radius 1 is 1.10 bits per heavy atom. The van der Waals surface area contributed by atoms with Crippen LogP contribution in [0.5, 0.6) is 17.2 Å². The lowest BCUT2D eigenvalue weighted by atomic mass is 9.84. The highest BCUT2D eigenvalue weighted by Crippen LogP contribution is 2.38. The fourth-order valence-electron chi connectivity index (χ4n) is 4.21. The molecule has 0 saturated carbocycles. The Bertz CT molecular complexity index is 1130. The maximum absolute atomic E-state index is 13.1. The lowest BCUT2D eigenvalue weighted by Gasteiger charge is -2.49. The summed E-state index contributed by atoms with van der Waals surface area (Å²) in [5.41, 5.74) is 1.35. The Kier molecular flexibility index (Phi) is 4.51. The molecule has 1 fully saturated rings. The van der Waals surface area contributed by atoms with Gasteiger partial charge in [-0.1, -0.05) is 30.3 Å². The summed E-state index contributed by atoms with van der Waals surface area (Å²) in [5, 5.41) is 5.29. The maximum atomic E-state index is 13.1. The standard InChI is InChI=1S/C24H24N2O4/c1-24(23(27)25-17-8-10-21-22(13-17)30-15-29-21)11-12-26(24)14-16-7-9-20(28-2)19-6-4-3-5-18(16)19/h3-10,13H,11-12,14-15H2,1-2H3,(H,25,27). The van der Waals surface area contributed by atoms with E-state index in [2.05, 4.69) is 28.4 Å². The summed E-state index contributed by atoms with van der Waals surface area (Å²) in [6.07, 6.45) is 0.817. The van der Waals surface area contributed by atoms with Gasteiger partial charge in [0, 0.05) is 30.2 Å². The Labute approximate surface area is 175 Å². The van der Waals surface area contributed by atoms with Crippen LogP contribution in [0.1, 0.15) is 18.9 Å². The molecule has 0 aromatic heterocycles. The molecule has 6 nitrogen and oxygen atoms in total. The number of fused-ring (bicyclic) bond motifs is 2. The van der Waals surface area contributed by atoms with Gasteiger partial charge in [-0.15, -0.1) is 0 Å². The molecule has 0 bridgehead atoms. The van der Waals surface area contributed by atoms with Gasteiger partial charge in [0.2, 0.25) is 12.7 Å². The molecule has 2 aliphatic heterocycles. The van der Waals surface area contributed by atoms with Gasteiger partial charge in [0.15, 0.2) is 11.5 Å². The zero-order chi connectivity index (χ0) is 20.7. The molecule has 2 aliphatic rings. The van der Waals surface area contributed by atoms with Gasteiger partial charge < -0.3 is 19.5 Å². The van der Waals surface area contributed by atoms with Crippen molar-refractivity contribution in [2.24, 2.45) is 0 Å². The minimum Gasteiger partial charge on any atom is -0.496 e. The molecule has 1 unspecified atom stereocenters. The lowest BCUT2D eigenvalue weighted by molar-refractivity contribution is -0.136. The van der Waals surface area contributed by atoms with Crippen molar-refractivity contribution < 1.29 is 19.0 Å². The molecular weight excluding hydrogens is 380 g/mol. The van der Waals surface area contributed by atoms with E-state index in [4.69, 9.17) is 14.2 Å². The molecule has 3 aromatic rings. The lowest BCUT2D eigenvalue weighted by Crippen LogP contribution is -2.63. The van der Waals surface area contributed by atoms with E-state index in [9.17, 15) is 4.79 Å². The van der Waals surface area contributed by atoms with Gasteiger partial charge in [0.1, 0.15) is 5.75 Å². The zero-order valence-electron chi connectivity index (χ0n) is 17.1. The van der Waals surface area contributed by atoms with E-state index in [1.54, 1.807) is 7.11 Å². The van der Waals surface area contributed by atoms with Crippen molar-refractivity contribution >= 4 is 22.4 Å². The van der Waals surface area contributed by atoms with Crippen LogP contribution >= 0.6 is 0 Å². The summed E-state index contributed by atoms with van der Waals surface area (Å²) in [7, 11) is 1.69. The van der Waals surface area contributed by atoms with Crippen LogP contribution in [0.15, 0.2) is 54.6 Å². The number of carbonyl (C=O) groups excluding carboxylic acids is 1.